The van der Waals surface area contributed by atoms with Gasteiger partial charge in [0.05, 0.1) is 12.8 Å². The van der Waals surface area contributed by atoms with E-state index >= 15 is 0 Å². The monoisotopic (exact) mass is 540 g/mol. The van der Waals surface area contributed by atoms with Crippen LogP contribution in [0.2, 0.25) is 5.02 Å². The predicted molar refractivity (Wildman–Crippen MR) is 132 cm³/mol. The number of hydrogen-bond acceptors (Lipinski definition) is 5. The number of nitrogens with zero attached hydrogens (tertiary/aromatic N) is 1. The molecule has 1 N–H and O–H groups in total. The summed E-state index contributed by atoms with van der Waals surface area (Å²) in [7, 11) is 1.52. The largest absolute Gasteiger partial charge is 0.497 e. The van der Waals surface area contributed by atoms with Gasteiger partial charge in [-0.05, 0) is 60.2 Å². The predicted octanol–water partition coefficient (Wildman–Crippen LogP) is 5.36. The molecule has 0 aromatic heterocycles. The lowest BCUT2D eigenvalue weighted by atomic mass is 10.1. The normalized spacial score (nSPS) is 14.9. The number of barbiturate groups is 1. The number of imide groups is 2. The summed E-state index contributed by atoms with van der Waals surface area (Å²) < 4.78 is 12.0. The molecule has 3 aromatic carbocycles. The van der Waals surface area contributed by atoms with Crippen molar-refractivity contribution in [2.24, 2.45) is 0 Å². The summed E-state index contributed by atoms with van der Waals surface area (Å²) in [5.74, 6) is -0.591. The summed E-state index contributed by atoms with van der Waals surface area (Å²) in [6, 6.07) is 18.0. The Bertz CT molecular complexity index is 1290. The Morgan fingerprint density at radius 1 is 1.00 bits per heavy atom. The number of ether oxygens (including phenoxy) is 2. The Morgan fingerprint density at radius 3 is 2.38 bits per heavy atom. The first-order valence-corrected chi connectivity index (χ1v) is 11.2. The second kappa shape index (κ2) is 10.1. The van der Waals surface area contributed by atoms with Crippen LogP contribution >= 0.6 is 27.5 Å². The van der Waals surface area contributed by atoms with Crippen molar-refractivity contribution in [3.05, 3.63) is 92.9 Å². The molecule has 1 aliphatic heterocycles. The molecule has 4 amide bonds. The highest BCUT2D eigenvalue weighted by molar-refractivity contribution is 9.10. The third-order valence-corrected chi connectivity index (χ3v) is 5.80. The lowest BCUT2D eigenvalue weighted by molar-refractivity contribution is -0.122. The maximum absolute atomic E-state index is 13.2. The number of hydrogen-bond donors (Lipinski definition) is 1. The van der Waals surface area contributed by atoms with E-state index in [2.05, 4.69) is 21.2 Å². The first-order valence-electron chi connectivity index (χ1n) is 10.1. The number of halogens is 2. The van der Waals surface area contributed by atoms with E-state index in [0.29, 0.717) is 27.8 Å². The number of rotatable bonds is 6. The van der Waals surface area contributed by atoms with Gasteiger partial charge in [0, 0.05) is 21.1 Å². The van der Waals surface area contributed by atoms with Crippen molar-refractivity contribution >= 4 is 57.1 Å². The zero-order chi connectivity index (χ0) is 24.2. The van der Waals surface area contributed by atoms with Gasteiger partial charge >= 0.3 is 6.03 Å². The summed E-state index contributed by atoms with van der Waals surface area (Å²) in [5, 5.41) is 2.83. The molecule has 0 radical (unpaired) electrons. The van der Waals surface area contributed by atoms with Crippen LogP contribution in [0.3, 0.4) is 0 Å². The highest BCUT2D eigenvalue weighted by Crippen LogP contribution is 2.30. The minimum Gasteiger partial charge on any atom is -0.497 e. The molecule has 9 heteroatoms. The van der Waals surface area contributed by atoms with E-state index in [1.54, 1.807) is 54.6 Å². The van der Waals surface area contributed by atoms with Crippen molar-refractivity contribution in [1.29, 1.82) is 0 Å². The lowest BCUT2D eigenvalue weighted by Gasteiger charge is -2.26. The van der Waals surface area contributed by atoms with Gasteiger partial charge in [-0.3, -0.25) is 14.9 Å². The summed E-state index contributed by atoms with van der Waals surface area (Å²) in [6.07, 6.45) is 1.40. The Morgan fingerprint density at radius 2 is 1.71 bits per heavy atom. The van der Waals surface area contributed by atoms with Crippen LogP contribution in [0.5, 0.6) is 11.5 Å². The summed E-state index contributed by atoms with van der Waals surface area (Å²) in [5.41, 5.74) is 1.48. The van der Waals surface area contributed by atoms with Gasteiger partial charge in [-0.25, -0.2) is 9.69 Å². The topological polar surface area (TPSA) is 84.9 Å². The van der Waals surface area contributed by atoms with Gasteiger partial charge in [-0.1, -0.05) is 39.7 Å². The number of carbonyl (C=O) groups is 3. The quantitative estimate of drug-likeness (QED) is 0.336. The number of amides is 4. The Balaban J connectivity index is 1.67. The number of benzene rings is 3. The fraction of sp³-hybridized carbons (Fsp3) is 0.0800. The number of urea groups is 1. The molecule has 1 fully saturated rings. The van der Waals surface area contributed by atoms with E-state index in [1.165, 1.54) is 13.2 Å². The number of methoxy groups -OCH3 is 1. The Kier molecular flexibility index (Phi) is 7.00. The van der Waals surface area contributed by atoms with E-state index in [4.69, 9.17) is 21.1 Å². The second-order valence-electron chi connectivity index (χ2n) is 7.25. The van der Waals surface area contributed by atoms with Crippen molar-refractivity contribution < 1.29 is 23.9 Å². The highest BCUT2D eigenvalue weighted by atomic mass is 79.9. The van der Waals surface area contributed by atoms with Crippen LogP contribution in [0.4, 0.5) is 10.5 Å². The minimum absolute atomic E-state index is 0.205. The van der Waals surface area contributed by atoms with Crippen molar-refractivity contribution in [3.8, 4) is 11.5 Å². The molecule has 34 heavy (non-hydrogen) atoms. The molecule has 0 atom stereocenters. The molecule has 1 aliphatic rings. The van der Waals surface area contributed by atoms with Crippen molar-refractivity contribution in [1.82, 2.24) is 5.32 Å². The molecular formula is C25H18BrClN2O5. The zero-order valence-corrected chi connectivity index (χ0v) is 20.2. The molecule has 0 unspecified atom stereocenters. The van der Waals surface area contributed by atoms with Crippen LogP contribution in [-0.2, 0) is 16.2 Å². The van der Waals surface area contributed by atoms with Crippen LogP contribution in [0.1, 0.15) is 11.1 Å². The Hall–Kier alpha value is -3.62. The van der Waals surface area contributed by atoms with Gasteiger partial charge in [-0.15, -0.1) is 0 Å². The van der Waals surface area contributed by atoms with E-state index in [9.17, 15) is 14.4 Å². The Labute approximate surface area is 209 Å². The highest BCUT2D eigenvalue weighted by Gasteiger charge is 2.37. The van der Waals surface area contributed by atoms with Gasteiger partial charge in [0.15, 0.2) is 0 Å². The molecule has 0 saturated carbocycles. The molecule has 172 valence electrons. The average Bonchev–Trinajstić information content (AvgIpc) is 2.83. The van der Waals surface area contributed by atoms with Gasteiger partial charge in [0.2, 0.25) is 0 Å². The zero-order valence-electron chi connectivity index (χ0n) is 17.9. The number of anilines is 1. The molecule has 0 aliphatic carbocycles. The standard InChI is InChI=1S/C25H18BrClN2O5/c1-33-20-11-4-16(22(13-20)34-14-15-2-7-18(27)8-3-15)12-21-23(30)28-25(32)29(24(21)31)19-9-5-17(26)6-10-19/h2-13H,14H2,1H3,(H,28,30,32)/b21-12+. The van der Waals surface area contributed by atoms with E-state index < -0.39 is 17.8 Å². The van der Waals surface area contributed by atoms with Crippen LogP contribution < -0.4 is 19.7 Å². The molecular weight excluding hydrogens is 524 g/mol. The van der Waals surface area contributed by atoms with Crippen LogP contribution in [0.15, 0.2) is 76.8 Å². The first kappa shape index (κ1) is 23.5. The minimum atomic E-state index is -0.816. The first-order chi connectivity index (χ1) is 16.4. The average molecular weight is 542 g/mol. The summed E-state index contributed by atoms with van der Waals surface area (Å²) in [4.78, 5) is 39.1. The molecule has 1 saturated heterocycles. The van der Waals surface area contributed by atoms with Crippen LogP contribution in [-0.4, -0.2) is 25.0 Å². The lowest BCUT2D eigenvalue weighted by Crippen LogP contribution is -2.54. The third kappa shape index (κ3) is 5.13. The van der Waals surface area contributed by atoms with Crippen molar-refractivity contribution in [3.63, 3.8) is 0 Å². The van der Waals surface area contributed by atoms with Crippen molar-refractivity contribution in [2.75, 3.05) is 12.0 Å². The number of nitrogens with one attached hydrogen (secondary N) is 1. The number of carbonyl (C=O) groups excluding carboxylic acids is 3. The van der Waals surface area contributed by atoms with E-state index in [-0.39, 0.29) is 12.2 Å². The van der Waals surface area contributed by atoms with Gasteiger partial charge in [0.25, 0.3) is 11.8 Å². The fourth-order valence-electron chi connectivity index (χ4n) is 3.27. The molecule has 1 heterocycles. The SMILES string of the molecule is COc1ccc(/C=C2\C(=O)NC(=O)N(c3ccc(Br)cc3)C2=O)c(OCc2ccc(Cl)cc2)c1. The smallest absolute Gasteiger partial charge is 0.335 e. The van der Waals surface area contributed by atoms with Crippen molar-refractivity contribution in [2.45, 2.75) is 6.61 Å². The fourth-order valence-corrected chi connectivity index (χ4v) is 3.66. The van der Waals surface area contributed by atoms with E-state index in [1.807, 2.05) is 12.1 Å². The molecule has 7 nitrogen and oxygen atoms in total. The molecule has 0 spiro atoms. The van der Waals surface area contributed by atoms with E-state index in [0.717, 1.165) is 14.9 Å². The van der Waals surface area contributed by atoms with Gasteiger partial charge < -0.3 is 9.47 Å². The summed E-state index contributed by atoms with van der Waals surface area (Å²) in [6.45, 7) is 0.226. The van der Waals surface area contributed by atoms with Gasteiger partial charge in [-0.2, -0.15) is 0 Å². The second-order valence-corrected chi connectivity index (χ2v) is 8.61. The van der Waals surface area contributed by atoms with Crippen LogP contribution in [0, 0.1) is 0 Å². The maximum atomic E-state index is 13.2. The molecule has 4 rings (SSSR count). The third-order valence-electron chi connectivity index (χ3n) is 5.01. The molecule has 0 bridgehead atoms. The molecule has 3 aromatic rings. The van der Waals surface area contributed by atoms with Crippen LogP contribution in [0.25, 0.3) is 6.08 Å². The summed E-state index contributed by atoms with van der Waals surface area (Å²) >= 11 is 9.26. The van der Waals surface area contributed by atoms with Gasteiger partial charge in [0.1, 0.15) is 23.7 Å². The maximum Gasteiger partial charge on any atom is 0.335 e.